The molecule has 0 saturated carbocycles. The second-order valence-electron chi connectivity index (χ2n) is 7.87. The molecule has 1 saturated heterocycles. The number of hydrogen-bond donors (Lipinski definition) is 0. The molecule has 0 amide bonds. The molecule has 2 aromatic carbocycles. The fourth-order valence-corrected chi connectivity index (χ4v) is 3.99. The number of rotatable bonds is 11. The summed E-state index contributed by atoms with van der Waals surface area (Å²) < 4.78 is 33.1. The number of piperazine rings is 1. The number of unbranched alkanes of at least 4 members (excludes halogenated alkanes) is 1. The van der Waals surface area contributed by atoms with Crippen molar-refractivity contribution < 1.29 is 45.6 Å². The van der Waals surface area contributed by atoms with E-state index in [1.165, 1.54) is 11.1 Å². The maximum absolute atomic E-state index is 11.6. The van der Waals surface area contributed by atoms with E-state index in [-0.39, 0.29) is 36.0 Å². The summed E-state index contributed by atoms with van der Waals surface area (Å²) in [6, 6.07) is 19.0. The summed E-state index contributed by atoms with van der Waals surface area (Å²) in [4.78, 5) is 16.5. The Morgan fingerprint density at radius 3 is 2.00 bits per heavy atom. The van der Waals surface area contributed by atoms with Gasteiger partial charge in [0, 0.05) is 55.1 Å². The molecule has 0 aliphatic carbocycles. The fourth-order valence-electron chi connectivity index (χ4n) is 3.86. The SMILES string of the molecule is CCCCOC(=O)COCCN1CCN([C@@H](c2ccccc2)c2ccc(Cl)cc2)CC1.[C-]#[O+].[C-]#[O+].[C-]#[O+].[Cr]. The van der Waals surface area contributed by atoms with Gasteiger partial charge in [0.05, 0.1) is 19.3 Å². The summed E-state index contributed by atoms with van der Waals surface area (Å²) in [7, 11) is 0. The number of halogens is 1. The summed E-state index contributed by atoms with van der Waals surface area (Å²) in [5.41, 5.74) is 2.55. The Morgan fingerprint density at radius 2 is 1.45 bits per heavy atom. The van der Waals surface area contributed by atoms with Gasteiger partial charge in [-0.05, 0) is 29.7 Å². The number of esters is 1. The van der Waals surface area contributed by atoms with Crippen LogP contribution in [0.2, 0.25) is 5.02 Å². The van der Waals surface area contributed by atoms with Crippen molar-refractivity contribution in [2.75, 3.05) is 52.5 Å². The van der Waals surface area contributed by atoms with E-state index in [1.54, 1.807) is 0 Å². The number of carbonyl (C=O) groups excluding carboxylic acids is 1. The average Bonchev–Trinajstić information content (AvgIpc) is 2.97. The van der Waals surface area contributed by atoms with Gasteiger partial charge in [-0.15, -0.1) is 0 Å². The molecule has 0 aromatic heterocycles. The van der Waals surface area contributed by atoms with Crippen LogP contribution >= 0.6 is 11.6 Å². The van der Waals surface area contributed by atoms with Crippen LogP contribution in [0.3, 0.4) is 0 Å². The largest absolute Gasteiger partial charge is 0 e. The van der Waals surface area contributed by atoms with Gasteiger partial charge in [0.1, 0.15) is 6.61 Å². The zero-order chi connectivity index (χ0) is 27.9. The van der Waals surface area contributed by atoms with Crippen LogP contribution in [0, 0.1) is 20.0 Å². The Kier molecular flexibility index (Phi) is 25.1. The molecular formula is C28H33ClCrN2O6. The number of benzene rings is 2. The van der Waals surface area contributed by atoms with Crippen LogP contribution in [0.1, 0.15) is 36.9 Å². The summed E-state index contributed by atoms with van der Waals surface area (Å²) in [5.74, 6) is -0.271. The summed E-state index contributed by atoms with van der Waals surface area (Å²) >= 11 is 6.12. The standard InChI is InChI=1S/C25H33ClN2O3.3CO.Cr/c1-2-3-18-31-24(29)20-30-19-17-27-13-15-28(16-14-27)25(21-7-5-4-6-8-21)22-9-11-23(26)12-10-22;3*1-2;/h4-12,25H,2-3,13-20H2,1H3;;;;/t25-;;;;/m0..../s1. The van der Waals surface area contributed by atoms with Crippen molar-refractivity contribution in [1.82, 2.24) is 9.80 Å². The fraction of sp³-hybridized carbons (Fsp3) is 0.429. The van der Waals surface area contributed by atoms with Gasteiger partial charge in [0.2, 0.25) is 0 Å². The van der Waals surface area contributed by atoms with E-state index >= 15 is 0 Å². The first-order valence-electron chi connectivity index (χ1n) is 11.8. The Hall–Kier alpha value is -2.17. The minimum atomic E-state index is -0.271. The minimum Gasteiger partial charge on any atom is 0 e. The van der Waals surface area contributed by atoms with Crippen molar-refractivity contribution in [2.24, 2.45) is 0 Å². The second-order valence-corrected chi connectivity index (χ2v) is 8.31. The Labute approximate surface area is 241 Å². The molecular weight excluding hydrogens is 548 g/mol. The van der Waals surface area contributed by atoms with Crippen LogP contribution in [0.4, 0.5) is 0 Å². The first-order chi connectivity index (χ1) is 18.2. The van der Waals surface area contributed by atoms with Gasteiger partial charge in [0.25, 0.3) is 0 Å². The number of nitrogens with zero attached hydrogens (tertiary/aromatic N) is 2. The Bertz CT molecular complexity index is 902. The van der Waals surface area contributed by atoms with Crippen molar-refractivity contribution >= 4 is 17.6 Å². The third-order valence-corrected chi connectivity index (χ3v) is 5.86. The minimum absolute atomic E-state index is 0. The van der Waals surface area contributed by atoms with Crippen LogP contribution in [-0.4, -0.2) is 68.3 Å². The molecule has 204 valence electrons. The van der Waals surface area contributed by atoms with Gasteiger partial charge >= 0.3 is 39.9 Å². The molecule has 8 nitrogen and oxygen atoms in total. The smallest absolute Gasteiger partial charge is 0 e. The zero-order valence-electron chi connectivity index (χ0n) is 21.5. The molecule has 0 unspecified atom stereocenters. The molecule has 0 radical (unpaired) electrons. The molecule has 0 N–H and O–H groups in total. The molecule has 1 fully saturated rings. The molecule has 2 aromatic rings. The summed E-state index contributed by atoms with van der Waals surface area (Å²) in [5, 5.41) is 0.759. The van der Waals surface area contributed by atoms with Crippen LogP contribution in [-0.2, 0) is 45.6 Å². The molecule has 1 atom stereocenters. The van der Waals surface area contributed by atoms with Gasteiger partial charge in [-0.1, -0.05) is 67.4 Å². The molecule has 1 aliphatic rings. The van der Waals surface area contributed by atoms with E-state index in [2.05, 4.69) is 79.1 Å². The molecule has 0 bridgehead atoms. The van der Waals surface area contributed by atoms with Gasteiger partial charge in [-0.3, -0.25) is 9.80 Å². The van der Waals surface area contributed by atoms with Crippen molar-refractivity contribution in [3.05, 3.63) is 90.7 Å². The van der Waals surface area contributed by atoms with Crippen LogP contribution < -0.4 is 0 Å². The van der Waals surface area contributed by atoms with E-state index in [4.69, 9.17) is 35.0 Å². The zero-order valence-corrected chi connectivity index (χ0v) is 23.5. The van der Waals surface area contributed by atoms with E-state index in [1.807, 2.05) is 12.1 Å². The first kappa shape index (κ1) is 38.0. The molecule has 0 spiro atoms. The third kappa shape index (κ3) is 14.7. The van der Waals surface area contributed by atoms with Crippen molar-refractivity contribution in [1.29, 1.82) is 0 Å². The van der Waals surface area contributed by atoms with Crippen molar-refractivity contribution in [2.45, 2.75) is 25.8 Å². The van der Waals surface area contributed by atoms with Crippen molar-refractivity contribution in [3.63, 3.8) is 0 Å². The summed E-state index contributed by atoms with van der Waals surface area (Å²) in [6.07, 6.45) is 1.92. The van der Waals surface area contributed by atoms with Crippen LogP contribution in [0.15, 0.2) is 54.6 Å². The average molecular weight is 581 g/mol. The van der Waals surface area contributed by atoms with Crippen LogP contribution in [0.25, 0.3) is 0 Å². The summed E-state index contributed by atoms with van der Waals surface area (Å²) in [6.45, 7) is 21.4. The quantitative estimate of drug-likeness (QED) is 0.171. The maximum Gasteiger partial charge on any atom is 0 e. The van der Waals surface area contributed by atoms with Gasteiger partial charge in [-0.25, -0.2) is 4.79 Å². The Balaban J connectivity index is 0. The van der Waals surface area contributed by atoms with E-state index in [0.717, 1.165) is 50.6 Å². The predicted molar refractivity (Wildman–Crippen MR) is 136 cm³/mol. The molecule has 1 heterocycles. The van der Waals surface area contributed by atoms with Crippen LogP contribution in [0.5, 0.6) is 0 Å². The Morgan fingerprint density at radius 1 is 0.895 bits per heavy atom. The second kappa shape index (κ2) is 25.1. The molecule has 10 heteroatoms. The van der Waals surface area contributed by atoms with E-state index < -0.39 is 0 Å². The number of carbonyl (C=O) groups is 1. The topological polar surface area (TPSA) is 102 Å². The number of ether oxygens (including phenoxy) is 2. The van der Waals surface area contributed by atoms with E-state index in [9.17, 15) is 4.79 Å². The van der Waals surface area contributed by atoms with Gasteiger partial charge in [0.15, 0.2) is 0 Å². The van der Waals surface area contributed by atoms with Gasteiger partial charge < -0.3 is 9.47 Å². The number of hydrogen-bond acceptors (Lipinski definition) is 5. The normalized spacial score (nSPS) is 13.4. The third-order valence-electron chi connectivity index (χ3n) is 5.61. The molecule has 3 rings (SSSR count). The van der Waals surface area contributed by atoms with Crippen molar-refractivity contribution in [3.8, 4) is 0 Å². The molecule has 1 aliphatic heterocycles. The first-order valence-corrected chi connectivity index (χ1v) is 12.2. The maximum atomic E-state index is 11.6. The van der Waals surface area contributed by atoms with E-state index in [0.29, 0.717) is 13.2 Å². The predicted octanol–water partition coefficient (Wildman–Crippen LogP) is 4.29. The van der Waals surface area contributed by atoms with Gasteiger partial charge in [-0.2, -0.15) is 0 Å². The monoisotopic (exact) mass is 580 g/mol. The molecule has 38 heavy (non-hydrogen) atoms.